The lowest BCUT2D eigenvalue weighted by Crippen LogP contribution is -2.25. The number of imidazole rings is 1. The highest BCUT2D eigenvalue weighted by Gasteiger charge is 2.19. The highest BCUT2D eigenvalue weighted by molar-refractivity contribution is 7.13. The van der Waals surface area contributed by atoms with Gasteiger partial charge in [0.25, 0.3) is 0 Å². The Hall–Kier alpha value is -3.04. The number of aromatic nitrogens is 4. The molecular weight excluding hydrogens is 427 g/mol. The van der Waals surface area contributed by atoms with Crippen LogP contribution in [0.4, 0.5) is 10.2 Å². The third-order valence-corrected chi connectivity index (χ3v) is 6.09. The number of nitrogen functional groups attached to an aromatic ring is 1. The van der Waals surface area contributed by atoms with Crippen molar-refractivity contribution in [3.63, 3.8) is 0 Å². The van der Waals surface area contributed by atoms with Crippen molar-refractivity contribution in [1.82, 2.24) is 24.8 Å². The summed E-state index contributed by atoms with van der Waals surface area (Å²) in [6, 6.07) is 10.2. The zero-order chi connectivity index (χ0) is 22.7. The van der Waals surface area contributed by atoms with E-state index in [4.69, 9.17) is 15.5 Å². The van der Waals surface area contributed by atoms with Gasteiger partial charge in [0.1, 0.15) is 11.6 Å². The zero-order valence-electron chi connectivity index (χ0n) is 18.4. The largest absolute Gasteiger partial charge is 0.497 e. The van der Waals surface area contributed by atoms with Crippen molar-refractivity contribution >= 4 is 28.3 Å². The molecule has 32 heavy (non-hydrogen) atoms. The van der Waals surface area contributed by atoms with Gasteiger partial charge in [-0.1, -0.05) is 19.9 Å². The average Bonchev–Trinajstić information content (AvgIpc) is 3.40. The lowest BCUT2D eigenvalue weighted by atomic mass is 10.0. The number of ether oxygens (including phenoxy) is 1. The van der Waals surface area contributed by atoms with E-state index in [0.29, 0.717) is 36.6 Å². The van der Waals surface area contributed by atoms with Crippen LogP contribution in [0, 0.1) is 12.0 Å². The molecule has 3 N–H and O–H groups in total. The molecule has 0 amide bonds. The Labute approximate surface area is 190 Å². The summed E-state index contributed by atoms with van der Waals surface area (Å²) in [6.45, 7) is 6.50. The molecule has 0 aliphatic rings. The van der Waals surface area contributed by atoms with E-state index in [1.807, 2.05) is 22.8 Å². The summed E-state index contributed by atoms with van der Waals surface area (Å²) in [7, 11) is 1.65. The summed E-state index contributed by atoms with van der Waals surface area (Å²) >= 11 is 1.68. The molecule has 9 heteroatoms. The van der Waals surface area contributed by atoms with E-state index in [1.165, 1.54) is 0 Å². The molecule has 0 unspecified atom stereocenters. The number of nitrogens with one attached hydrogen (secondary N) is 1. The fraction of sp³-hybridized carbons (Fsp3) is 0.348. The normalized spacial score (nSPS) is 11.5. The van der Waals surface area contributed by atoms with Crippen LogP contribution in [0.3, 0.4) is 0 Å². The van der Waals surface area contributed by atoms with Crippen LogP contribution >= 0.6 is 11.3 Å². The highest BCUT2D eigenvalue weighted by atomic mass is 32.1. The minimum Gasteiger partial charge on any atom is -0.497 e. The lowest BCUT2D eigenvalue weighted by Gasteiger charge is -2.13. The molecule has 3 aromatic heterocycles. The first-order valence-corrected chi connectivity index (χ1v) is 11.4. The SMILES string of the molecule is COc1ccc(-c2cccs2)c(Cc2nc3c(N)nc(F)nc3n2CCNCC(C)C)c1. The Bertz CT molecular complexity index is 1210. The van der Waals surface area contributed by atoms with Gasteiger partial charge in [-0.2, -0.15) is 14.4 Å². The molecule has 4 aromatic rings. The minimum atomic E-state index is -0.849. The molecule has 0 aliphatic heterocycles. The first-order chi connectivity index (χ1) is 15.5. The maximum atomic E-state index is 14.0. The smallest absolute Gasteiger partial charge is 0.312 e. The molecule has 0 saturated carbocycles. The van der Waals surface area contributed by atoms with Gasteiger partial charge in [0, 0.05) is 24.4 Å². The monoisotopic (exact) mass is 454 g/mol. The maximum absolute atomic E-state index is 14.0. The van der Waals surface area contributed by atoms with E-state index in [0.717, 1.165) is 34.1 Å². The number of nitrogens with zero attached hydrogens (tertiary/aromatic N) is 4. The molecule has 0 bridgehead atoms. The van der Waals surface area contributed by atoms with Crippen molar-refractivity contribution in [2.45, 2.75) is 26.8 Å². The zero-order valence-corrected chi connectivity index (χ0v) is 19.2. The number of nitrogens with two attached hydrogens (primary N) is 1. The van der Waals surface area contributed by atoms with Crippen molar-refractivity contribution in [3.8, 4) is 16.2 Å². The van der Waals surface area contributed by atoms with E-state index in [9.17, 15) is 4.39 Å². The van der Waals surface area contributed by atoms with E-state index in [1.54, 1.807) is 18.4 Å². The predicted octanol–water partition coefficient (Wildman–Crippen LogP) is 4.12. The second kappa shape index (κ2) is 9.62. The summed E-state index contributed by atoms with van der Waals surface area (Å²) in [6.07, 6.45) is -0.329. The van der Waals surface area contributed by atoms with Crippen LogP contribution in [-0.4, -0.2) is 39.7 Å². The summed E-state index contributed by atoms with van der Waals surface area (Å²) in [5, 5.41) is 5.48. The van der Waals surface area contributed by atoms with Gasteiger partial charge in [0.15, 0.2) is 17.0 Å². The number of halogens is 1. The Morgan fingerprint density at radius 1 is 1.22 bits per heavy atom. The summed E-state index contributed by atoms with van der Waals surface area (Å²) in [4.78, 5) is 13.6. The molecule has 0 saturated heterocycles. The Morgan fingerprint density at radius 3 is 2.78 bits per heavy atom. The lowest BCUT2D eigenvalue weighted by molar-refractivity contribution is 0.414. The van der Waals surface area contributed by atoms with Crippen LogP contribution in [0.15, 0.2) is 35.7 Å². The van der Waals surface area contributed by atoms with Crippen molar-refractivity contribution in [2.24, 2.45) is 5.92 Å². The third kappa shape index (κ3) is 4.73. The number of hydrogen-bond donors (Lipinski definition) is 2. The average molecular weight is 455 g/mol. The molecule has 0 atom stereocenters. The third-order valence-electron chi connectivity index (χ3n) is 5.19. The maximum Gasteiger partial charge on any atom is 0.312 e. The molecule has 0 aliphatic carbocycles. The number of hydrogen-bond acceptors (Lipinski definition) is 7. The highest BCUT2D eigenvalue weighted by Crippen LogP contribution is 2.32. The van der Waals surface area contributed by atoms with Crippen LogP contribution in [-0.2, 0) is 13.0 Å². The number of benzene rings is 1. The molecule has 3 heterocycles. The van der Waals surface area contributed by atoms with Gasteiger partial charge in [-0.15, -0.1) is 11.3 Å². The van der Waals surface area contributed by atoms with Crippen LogP contribution in [0.1, 0.15) is 25.2 Å². The fourth-order valence-corrected chi connectivity index (χ4v) is 4.46. The molecule has 168 valence electrons. The molecule has 0 spiro atoms. The van der Waals surface area contributed by atoms with Gasteiger partial charge in [0.2, 0.25) is 0 Å². The molecule has 7 nitrogen and oxygen atoms in total. The van der Waals surface area contributed by atoms with Crippen LogP contribution in [0.5, 0.6) is 5.75 Å². The van der Waals surface area contributed by atoms with Crippen molar-refractivity contribution in [2.75, 3.05) is 25.9 Å². The predicted molar refractivity (Wildman–Crippen MR) is 127 cm³/mol. The number of methoxy groups -OCH3 is 1. The Balaban J connectivity index is 1.75. The van der Waals surface area contributed by atoms with E-state index in [-0.39, 0.29) is 5.82 Å². The molecule has 0 radical (unpaired) electrons. The second-order valence-electron chi connectivity index (χ2n) is 8.00. The number of anilines is 1. The fourth-order valence-electron chi connectivity index (χ4n) is 3.68. The van der Waals surface area contributed by atoms with Gasteiger partial charge >= 0.3 is 6.08 Å². The van der Waals surface area contributed by atoms with Crippen LogP contribution < -0.4 is 15.8 Å². The van der Waals surface area contributed by atoms with Crippen molar-refractivity contribution in [1.29, 1.82) is 0 Å². The Morgan fingerprint density at radius 2 is 2.06 bits per heavy atom. The van der Waals surface area contributed by atoms with Crippen LogP contribution in [0.25, 0.3) is 21.6 Å². The van der Waals surface area contributed by atoms with E-state index < -0.39 is 6.08 Å². The standard InChI is InChI=1S/C23H27FN6OS/c1-14(2)13-26-8-9-30-19(27-20-21(25)28-23(24)29-22(20)30)12-15-11-16(31-3)6-7-17(15)18-5-4-10-32-18/h4-7,10-11,14,26H,8-9,12-13H2,1-3H3,(H2,25,28,29). The number of thiophene rings is 1. The quantitative estimate of drug-likeness (QED) is 0.292. The minimum absolute atomic E-state index is 0.0479. The topological polar surface area (TPSA) is 90.9 Å². The number of fused-ring (bicyclic) bond motifs is 1. The first-order valence-electron chi connectivity index (χ1n) is 10.6. The van der Waals surface area contributed by atoms with Gasteiger partial charge < -0.3 is 20.4 Å². The van der Waals surface area contributed by atoms with Gasteiger partial charge in [0.05, 0.1) is 7.11 Å². The molecular formula is C23H27FN6OS. The summed E-state index contributed by atoms with van der Waals surface area (Å²) in [5.41, 5.74) is 8.99. The van der Waals surface area contributed by atoms with E-state index >= 15 is 0 Å². The molecule has 1 aromatic carbocycles. The van der Waals surface area contributed by atoms with Crippen molar-refractivity contribution < 1.29 is 9.13 Å². The first kappa shape index (κ1) is 22.2. The molecule has 0 fully saturated rings. The second-order valence-corrected chi connectivity index (χ2v) is 8.95. The van der Waals surface area contributed by atoms with E-state index in [2.05, 4.69) is 46.6 Å². The molecule has 4 rings (SSSR count). The van der Waals surface area contributed by atoms with Gasteiger partial charge in [-0.25, -0.2) is 4.98 Å². The van der Waals surface area contributed by atoms with Crippen molar-refractivity contribution in [3.05, 3.63) is 53.2 Å². The van der Waals surface area contributed by atoms with Crippen LogP contribution in [0.2, 0.25) is 0 Å². The number of rotatable bonds is 9. The summed E-state index contributed by atoms with van der Waals surface area (Å²) < 4.78 is 21.4. The summed E-state index contributed by atoms with van der Waals surface area (Å²) in [5.74, 6) is 2.11. The van der Waals surface area contributed by atoms with Gasteiger partial charge in [-0.3, -0.25) is 0 Å². The Kier molecular flexibility index (Phi) is 6.66. The van der Waals surface area contributed by atoms with Gasteiger partial charge in [-0.05, 0) is 53.2 Å².